The number of nitrogens with zero attached hydrogens (tertiary/aromatic N) is 3. The molecule has 1 N–H and O–H groups in total. The summed E-state index contributed by atoms with van der Waals surface area (Å²) in [7, 11) is 0. The summed E-state index contributed by atoms with van der Waals surface area (Å²) in [6.07, 6.45) is 2.51. The predicted molar refractivity (Wildman–Crippen MR) is 79.8 cm³/mol. The standard InChI is InChI=1S/C15H21N3O5/c1-3-23-15(22)11-5-8-17(9-6-11)13(19)12-4-7-16-18(12)10(2)14(20)21/h4,7,10-11H,3,5-6,8-9H2,1-2H3,(H,20,21). The normalized spacial score (nSPS) is 16.9. The highest BCUT2D eigenvalue weighted by Gasteiger charge is 2.30. The Bertz CT molecular complexity index is 590. The third kappa shape index (κ3) is 3.69. The highest BCUT2D eigenvalue weighted by molar-refractivity contribution is 5.93. The van der Waals surface area contributed by atoms with Gasteiger partial charge in [0.2, 0.25) is 0 Å². The minimum absolute atomic E-state index is 0.179. The molecule has 0 aliphatic carbocycles. The first kappa shape index (κ1) is 17.0. The molecule has 23 heavy (non-hydrogen) atoms. The fourth-order valence-corrected chi connectivity index (χ4v) is 2.64. The zero-order valence-corrected chi connectivity index (χ0v) is 13.3. The smallest absolute Gasteiger partial charge is 0.328 e. The van der Waals surface area contributed by atoms with E-state index < -0.39 is 12.0 Å². The average molecular weight is 323 g/mol. The number of aromatic nitrogens is 2. The van der Waals surface area contributed by atoms with Crippen LogP contribution in [0.4, 0.5) is 0 Å². The lowest BCUT2D eigenvalue weighted by atomic mass is 9.97. The van der Waals surface area contributed by atoms with E-state index in [2.05, 4.69) is 5.10 Å². The number of esters is 1. The van der Waals surface area contributed by atoms with Crippen molar-refractivity contribution in [2.24, 2.45) is 5.92 Å². The molecule has 1 fully saturated rings. The van der Waals surface area contributed by atoms with E-state index in [1.807, 2.05) is 0 Å². The number of aliphatic carboxylic acids is 1. The third-order valence-electron chi connectivity index (χ3n) is 4.02. The molecule has 0 radical (unpaired) electrons. The number of carboxylic acid groups (broad SMARTS) is 1. The monoisotopic (exact) mass is 323 g/mol. The van der Waals surface area contributed by atoms with Crippen molar-refractivity contribution in [3.63, 3.8) is 0 Å². The Hall–Kier alpha value is -2.38. The second-order valence-corrected chi connectivity index (χ2v) is 5.49. The molecule has 1 saturated heterocycles. The molecule has 8 nitrogen and oxygen atoms in total. The Balaban J connectivity index is 2.02. The molecular formula is C15H21N3O5. The molecule has 0 spiro atoms. The molecule has 1 aliphatic heterocycles. The maximum Gasteiger partial charge on any atom is 0.328 e. The van der Waals surface area contributed by atoms with Crippen molar-refractivity contribution in [1.29, 1.82) is 0 Å². The van der Waals surface area contributed by atoms with E-state index in [9.17, 15) is 14.4 Å². The number of carbonyl (C=O) groups is 3. The summed E-state index contributed by atoms with van der Waals surface area (Å²) < 4.78 is 6.21. The first-order valence-corrected chi connectivity index (χ1v) is 7.68. The molecule has 0 aromatic carbocycles. The van der Waals surface area contributed by atoms with Gasteiger partial charge in [0.15, 0.2) is 0 Å². The average Bonchev–Trinajstić information content (AvgIpc) is 3.03. The van der Waals surface area contributed by atoms with Gasteiger partial charge >= 0.3 is 11.9 Å². The topological polar surface area (TPSA) is 102 Å². The van der Waals surface area contributed by atoms with Crippen molar-refractivity contribution in [3.8, 4) is 0 Å². The fraction of sp³-hybridized carbons (Fsp3) is 0.600. The molecule has 8 heteroatoms. The molecule has 126 valence electrons. The van der Waals surface area contributed by atoms with Crippen LogP contribution in [0.25, 0.3) is 0 Å². The Kier molecular flexibility index (Phi) is 5.36. The van der Waals surface area contributed by atoms with Crippen molar-refractivity contribution >= 4 is 17.8 Å². The van der Waals surface area contributed by atoms with Gasteiger partial charge in [-0.1, -0.05) is 0 Å². The molecule has 1 aromatic rings. The molecule has 1 unspecified atom stereocenters. The van der Waals surface area contributed by atoms with E-state index in [-0.39, 0.29) is 23.5 Å². The van der Waals surface area contributed by atoms with E-state index in [4.69, 9.17) is 9.84 Å². The Morgan fingerprint density at radius 2 is 2.04 bits per heavy atom. The lowest BCUT2D eigenvalue weighted by Gasteiger charge is -2.31. The van der Waals surface area contributed by atoms with Gasteiger partial charge in [0.25, 0.3) is 5.91 Å². The number of carboxylic acids is 1. The van der Waals surface area contributed by atoms with Gasteiger partial charge in [-0.25, -0.2) is 9.48 Å². The van der Waals surface area contributed by atoms with Gasteiger partial charge < -0.3 is 14.7 Å². The highest BCUT2D eigenvalue weighted by Crippen LogP contribution is 2.21. The number of likely N-dealkylation sites (tertiary alicyclic amines) is 1. The van der Waals surface area contributed by atoms with Gasteiger partial charge in [0.1, 0.15) is 11.7 Å². The van der Waals surface area contributed by atoms with Gasteiger partial charge in [0.05, 0.1) is 12.5 Å². The summed E-state index contributed by atoms with van der Waals surface area (Å²) in [6, 6.07) is 0.597. The number of ether oxygens (including phenoxy) is 1. The van der Waals surface area contributed by atoms with Crippen LogP contribution in [0.1, 0.15) is 43.2 Å². The van der Waals surface area contributed by atoms with Crippen molar-refractivity contribution < 1.29 is 24.2 Å². The lowest BCUT2D eigenvalue weighted by molar-refractivity contribution is -0.149. The van der Waals surface area contributed by atoms with Crippen LogP contribution >= 0.6 is 0 Å². The van der Waals surface area contributed by atoms with Gasteiger partial charge in [-0.3, -0.25) is 9.59 Å². The molecule has 1 aliphatic rings. The van der Waals surface area contributed by atoms with Gasteiger partial charge in [-0.15, -0.1) is 0 Å². The SMILES string of the molecule is CCOC(=O)C1CCN(C(=O)c2ccnn2C(C)C(=O)O)CC1. The van der Waals surface area contributed by atoms with Gasteiger partial charge in [-0.2, -0.15) is 5.10 Å². The van der Waals surface area contributed by atoms with Crippen LogP contribution in [0.5, 0.6) is 0 Å². The summed E-state index contributed by atoms with van der Waals surface area (Å²) in [5.41, 5.74) is 0.245. The summed E-state index contributed by atoms with van der Waals surface area (Å²) >= 11 is 0. The summed E-state index contributed by atoms with van der Waals surface area (Å²) in [6.45, 7) is 4.47. The van der Waals surface area contributed by atoms with Crippen molar-refractivity contribution in [1.82, 2.24) is 14.7 Å². The van der Waals surface area contributed by atoms with E-state index in [0.29, 0.717) is 32.5 Å². The molecule has 0 saturated carbocycles. The fourth-order valence-electron chi connectivity index (χ4n) is 2.64. The van der Waals surface area contributed by atoms with Crippen LogP contribution in [0.15, 0.2) is 12.3 Å². The molecule has 0 bridgehead atoms. The second kappa shape index (κ2) is 7.26. The van der Waals surface area contributed by atoms with E-state index in [1.165, 1.54) is 23.9 Å². The molecule has 2 heterocycles. The van der Waals surface area contributed by atoms with E-state index in [0.717, 1.165) is 0 Å². The first-order valence-electron chi connectivity index (χ1n) is 7.68. The number of amides is 1. The van der Waals surface area contributed by atoms with Gasteiger partial charge in [0, 0.05) is 19.3 Å². The zero-order chi connectivity index (χ0) is 17.0. The highest BCUT2D eigenvalue weighted by atomic mass is 16.5. The predicted octanol–water partition coefficient (Wildman–Crippen LogP) is 0.944. The summed E-state index contributed by atoms with van der Waals surface area (Å²) in [4.78, 5) is 37.0. The van der Waals surface area contributed by atoms with Crippen molar-refractivity contribution in [2.45, 2.75) is 32.7 Å². The second-order valence-electron chi connectivity index (χ2n) is 5.49. The van der Waals surface area contributed by atoms with Crippen molar-refractivity contribution in [2.75, 3.05) is 19.7 Å². The molecule has 1 aromatic heterocycles. The molecule has 2 rings (SSSR count). The maximum atomic E-state index is 12.6. The Labute approximate surface area is 134 Å². The van der Waals surface area contributed by atoms with Crippen LogP contribution in [0, 0.1) is 5.92 Å². The zero-order valence-electron chi connectivity index (χ0n) is 13.3. The first-order chi connectivity index (χ1) is 11.0. The quantitative estimate of drug-likeness (QED) is 0.809. The number of hydrogen-bond acceptors (Lipinski definition) is 5. The Morgan fingerprint density at radius 1 is 1.39 bits per heavy atom. The van der Waals surface area contributed by atoms with Crippen molar-refractivity contribution in [3.05, 3.63) is 18.0 Å². The van der Waals surface area contributed by atoms with Crippen LogP contribution in [0.3, 0.4) is 0 Å². The lowest BCUT2D eigenvalue weighted by Crippen LogP contribution is -2.41. The molecular weight excluding hydrogens is 302 g/mol. The largest absolute Gasteiger partial charge is 0.480 e. The van der Waals surface area contributed by atoms with E-state index in [1.54, 1.807) is 11.8 Å². The summed E-state index contributed by atoms with van der Waals surface area (Å²) in [5.74, 6) is -1.72. The number of hydrogen-bond donors (Lipinski definition) is 1. The minimum Gasteiger partial charge on any atom is -0.480 e. The van der Waals surface area contributed by atoms with Crippen LogP contribution in [-0.4, -0.2) is 57.3 Å². The van der Waals surface area contributed by atoms with Gasteiger partial charge in [-0.05, 0) is 32.8 Å². The van der Waals surface area contributed by atoms with Crippen LogP contribution < -0.4 is 0 Å². The van der Waals surface area contributed by atoms with E-state index >= 15 is 0 Å². The Morgan fingerprint density at radius 3 is 2.61 bits per heavy atom. The molecule has 1 amide bonds. The number of carbonyl (C=O) groups excluding carboxylic acids is 2. The van der Waals surface area contributed by atoms with Crippen LogP contribution in [0.2, 0.25) is 0 Å². The maximum absolute atomic E-state index is 12.6. The number of piperidine rings is 1. The number of rotatable bonds is 5. The third-order valence-corrected chi connectivity index (χ3v) is 4.02. The van der Waals surface area contributed by atoms with Crippen LogP contribution in [-0.2, 0) is 14.3 Å². The minimum atomic E-state index is -1.05. The molecule has 1 atom stereocenters. The summed E-state index contributed by atoms with van der Waals surface area (Å²) in [5, 5.41) is 13.0.